The summed E-state index contributed by atoms with van der Waals surface area (Å²) in [6.07, 6.45) is -0.293. The normalized spacial score (nSPS) is 12.7. The highest BCUT2D eigenvalue weighted by Crippen LogP contribution is 2.30. The van der Waals surface area contributed by atoms with Crippen molar-refractivity contribution in [2.24, 2.45) is 0 Å². The van der Waals surface area contributed by atoms with E-state index >= 15 is 0 Å². The number of benzene rings is 1. The standard InChI is InChI=1S/C15H18Cl2N2O/c1-4-19-13(15(17)10(3)18-19)8-14(20)11-6-5-9(2)7-12(11)16/h5-7,14,20H,4,8H2,1-3H3. The first kappa shape index (κ1) is 15.4. The summed E-state index contributed by atoms with van der Waals surface area (Å²) in [6, 6.07) is 5.65. The van der Waals surface area contributed by atoms with Crippen LogP contribution in [0.1, 0.15) is 35.5 Å². The summed E-state index contributed by atoms with van der Waals surface area (Å²) in [5, 5.41) is 16.0. The number of rotatable bonds is 4. The molecule has 1 atom stereocenters. The topological polar surface area (TPSA) is 38.0 Å². The first-order valence-electron chi connectivity index (χ1n) is 6.60. The van der Waals surface area contributed by atoms with Crippen LogP contribution >= 0.6 is 23.2 Å². The van der Waals surface area contributed by atoms with Gasteiger partial charge in [-0.1, -0.05) is 35.3 Å². The molecule has 20 heavy (non-hydrogen) atoms. The second-order valence-electron chi connectivity index (χ2n) is 4.91. The van der Waals surface area contributed by atoms with Crippen molar-refractivity contribution in [3.05, 3.63) is 50.8 Å². The van der Waals surface area contributed by atoms with Crippen LogP contribution in [0.2, 0.25) is 10.0 Å². The van der Waals surface area contributed by atoms with Gasteiger partial charge in [0.25, 0.3) is 0 Å². The van der Waals surface area contributed by atoms with E-state index in [1.807, 2.05) is 43.7 Å². The maximum atomic E-state index is 10.4. The minimum Gasteiger partial charge on any atom is -0.388 e. The summed E-state index contributed by atoms with van der Waals surface area (Å²) in [6.45, 7) is 6.55. The highest BCUT2D eigenvalue weighted by atomic mass is 35.5. The molecule has 0 bridgehead atoms. The maximum Gasteiger partial charge on any atom is 0.0860 e. The van der Waals surface area contributed by atoms with E-state index in [4.69, 9.17) is 23.2 Å². The van der Waals surface area contributed by atoms with Crippen LogP contribution in [0.25, 0.3) is 0 Å². The minimum absolute atomic E-state index is 0.399. The van der Waals surface area contributed by atoms with E-state index in [-0.39, 0.29) is 0 Å². The molecule has 2 rings (SSSR count). The van der Waals surface area contributed by atoms with Crippen LogP contribution in [0.5, 0.6) is 0 Å². The minimum atomic E-state index is -0.693. The van der Waals surface area contributed by atoms with Crippen molar-refractivity contribution < 1.29 is 5.11 Å². The molecule has 1 heterocycles. The van der Waals surface area contributed by atoms with Gasteiger partial charge in [0.2, 0.25) is 0 Å². The van der Waals surface area contributed by atoms with Crippen molar-refractivity contribution in [2.75, 3.05) is 0 Å². The van der Waals surface area contributed by atoms with Gasteiger partial charge < -0.3 is 5.11 Å². The Bertz CT molecular complexity index is 623. The Balaban J connectivity index is 2.30. The van der Waals surface area contributed by atoms with Crippen molar-refractivity contribution in [1.82, 2.24) is 9.78 Å². The third kappa shape index (κ3) is 3.00. The predicted octanol–water partition coefficient (Wildman–Crippen LogP) is 4.10. The molecule has 0 aliphatic heterocycles. The van der Waals surface area contributed by atoms with Crippen molar-refractivity contribution in [1.29, 1.82) is 0 Å². The Kier molecular flexibility index (Phi) is 4.74. The van der Waals surface area contributed by atoms with E-state index < -0.39 is 6.10 Å². The lowest BCUT2D eigenvalue weighted by Gasteiger charge is -2.14. The van der Waals surface area contributed by atoms with Gasteiger partial charge in [0.15, 0.2) is 0 Å². The van der Waals surface area contributed by atoms with E-state index in [0.717, 1.165) is 29.1 Å². The molecule has 0 aliphatic rings. The van der Waals surface area contributed by atoms with E-state index in [2.05, 4.69) is 5.10 Å². The first-order valence-corrected chi connectivity index (χ1v) is 7.35. The van der Waals surface area contributed by atoms with Gasteiger partial charge in [0.1, 0.15) is 0 Å². The van der Waals surface area contributed by atoms with E-state index in [1.165, 1.54) is 0 Å². The highest BCUT2D eigenvalue weighted by molar-refractivity contribution is 6.32. The molecule has 1 aromatic carbocycles. The van der Waals surface area contributed by atoms with Crippen molar-refractivity contribution >= 4 is 23.2 Å². The Morgan fingerprint density at radius 1 is 1.30 bits per heavy atom. The van der Waals surface area contributed by atoms with Gasteiger partial charge in [-0.25, -0.2) is 0 Å². The van der Waals surface area contributed by atoms with E-state index in [0.29, 0.717) is 16.5 Å². The monoisotopic (exact) mass is 312 g/mol. The molecule has 0 amide bonds. The van der Waals surface area contributed by atoms with Crippen molar-refractivity contribution in [2.45, 2.75) is 39.8 Å². The van der Waals surface area contributed by atoms with Crippen LogP contribution in [0.4, 0.5) is 0 Å². The summed E-state index contributed by atoms with van der Waals surface area (Å²) in [4.78, 5) is 0. The van der Waals surface area contributed by atoms with Gasteiger partial charge >= 0.3 is 0 Å². The third-order valence-electron chi connectivity index (χ3n) is 3.35. The van der Waals surface area contributed by atoms with Gasteiger partial charge in [0.05, 0.1) is 22.5 Å². The Labute approximate surface area is 129 Å². The molecule has 0 spiro atoms. The number of aromatic nitrogens is 2. The summed E-state index contributed by atoms with van der Waals surface area (Å²) in [5.41, 5.74) is 3.41. The average Bonchev–Trinajstić information content (AvgIpc) is 2.66. The number of halogens is 2. The number of aliphatic hydroxyl groups excluding tert-OH is 1. The van der Waals surface area contributed by atoms with Crippen LogP contribution < -0.4 is 0 Å². The fraction of sp³-hybridized carbons (Fsp3) is 0.400. The fourth-order valence-corrected chi connectivity index (χ4v) is 2.83. The Hall–Kier alpha value is -1.03. The van der Waals surface area contributed by atoms with Crippen LogP contribution in [0, 0.1) is 13.8 Å². The number of hydrogen-bond acceptors (Lipinski definition) is 2. The quantitative estimate of drug-likeness (QED) is 0.922. The molecule has 5 heteroatoms. The molecule has 108 valence electrons. The number of aliphatic hydroxyl groups is 1. The van der Waals surface area contributed by atoms with Gasteiger partial charge in [-0.3, -0.25) is 4.68 Å². The van der Waals surface area contributed by atoms with Crippen molar-refractivity contribution in [3.63, 3.8) is 0 Å². The lowest BCUT2D eigenvalue weighted by molar-refractivity contribution is 0.175. The third-order valence-corrected chi connectivity index (χ3v) is 4.17. The van der Waals surface area contributed by atoms with Crippen LogP contribution in [0.15, 0.2) is 18.2 Å². The smallest absolute Gasteiger partial charge is 0.0860 e. The summed E-state index contributed by atoms with van der Waals surface area (Å²) >= 11 is 12.5. The van der Waals surface area contributed by atoms with E-state index in [1.54, 1.807) is 0 Å². The van der Waals surface area contributed by atoms with Gasteiger partial charge in [-0.2, -0.15) is 5.10 Å². The molecule has 0 fully saturated rings. The summed E-state index contributed by atoms with van der Waals surface area (Å²) in [5.74, 6) is 0. The molecule has 0 saturated carbocycles. The molecular formula is C15H18Cl2N2O. The lowest BCUT2D eigenvalue weighted by atomic mass is 10.0. The molecule has 0 saturated heterocycles. The second kappa shape index (κ2) is 6.17. The molecule has 1 aromatic heterocycles. The summed E-state index contributed by atoms with van der Waals surface area (Å²) in [7, 11) is 0. The summed E-state index contributed by atoms with van der Waals surface area (Å²) < 4.78 is 1.82. The van der Waals surface area contributed by atoms with Gasteiger partial charge in [-0.05, 0) is 38.0 Å². The number of aryl methyl sites for hydroxylation is 3. The Morgan fingerprint density at radius 3 is 2.60 bits per heavy atom. The molecule has 3 nitrogen and oxygen atoms in total. The molecular weight excluding hydrogens is 295 g/mol. The first-order chi connectivity index (χ1) is 9.43. The number of hydrogen-bond donors (Lipinski definition) is 1. The van der Waals surface area contributed by atoms with E-state index in [9.17, 15) is 5.11 Å². The molecule has 1 N–H and O–H groups in total. The van der Waals surface area contributed by atoms with Crippen LogP contribution in [-0.2, 0) is 13.0 Å². The van der Waals surface area contributed by atoms with Crippen molar-refractivity contribution in [3.8, 4) is 0 Å². The number of nitrogens with zero attached hydrogens (tertiary/aromatic N) is 2. The fourth-order valence-electron chi connectivity index (χ4n) is 2.26. The maximum absolute atomic E-state index is 10.4. The molecule has 0 radical (unpaired) electrons. The zero-order valence-electron chi connectivity index (χ0n) is 11.8. The largest absolute Gasteiger partial charge is 0.388 e. The van der Waals surface area contributed by atoms with Crippen LogP contribution in [0.3, 0.4) is 0 Å². The second-order valence-corrected chi connectivity index (χ2v) is 5.69. The van der Waals surface area contributed by atoms with Gasteiger partial charge in [-0.15, -0.1) is 0 Å². The molecule has 2 aromatic rings. The highest BCUT2D eigenvalue weighted by Gasteiger charge is 2.19. The average molecular weight is 313 g/mol. The molecule has 1 unspecified atom stereocenters. The van der Waals surface area contributed by atoms with Crippen LogP contribution in [-0.4, -0.2) is 14.9 Å². The predicted molar refractivity (Wildman–Crippen MR) is 82.5 cm³/mol. The Morgan fingerprint density at radius 2 is 2.00 bits per heavy atom. The van der Waals surface area contributed by atoms with Gasteiger partial charge in [0, 0.05) is 18.0 Å². The zero-order chi connectivity index (χ0) is 14.9. The lowest BCUT2D eigenvalue weighted by Crippen LogP contribution is -2.09. The zero-order valence-corrected chi connectivity index (χ0v) is 13.3. The molecule has 0 aliphatic carbocycles. The SMILES string of the molecule is CCn1nc(C)c(Cl)c1CC(O)c1ccc(C)cc1Cl.